The summed E-state index contributed by atoms with van der Waals surface area (Å²) in [5.41, 5.74) is -1.56. The summed E-state index contributed by atoms with van der Waals surface area (Å²) < 4.78 is 42.2. The molecule has 0 unspecified atom stereocenters. The number of benzene rings is 1. The zero-order chi connectivity index (χ0) is 11.6. The number of nitriles is 1. The van der Waals surface area contributed by atoms with Gasteiger partial charge in [0.2, 0.25) is 0 Å². The number of ether oxygens (including phenoxy) is 1. The molecule has 1 rings (SSSR count). The van der Waals surface area contributed by atoms with Crippen molar-refractivity contribution in [2.24, 2.45) is 0 Å². The third-order valence-electron chi connectivity index (χ3n) is 1.72. The van der Waals surface area contributed by atoms with Crippen molar-refractivity contribution >= 4 is 12.6 Å². The molecule has 1 aromatic carbocycles. The summed E-state index contributed by atoms with van der Waals surface area (Å²) in [5, 5.41) is 8.63. The van der Waals surface area contributed by atoms with Gasteiger partial charge < -0.3 is 4.74 Å². The van der Waals surface area contributed by atoms with E-state index in [9.17, 15) is 13.2 Å². The Morgan fingerprint density at radius 1 is 1.40 bits per heavy atom. The van der Waals surface area contributed by atoms with Crippen molar-refractivity contribution in [3.05, 3.63) is 23.3 Å². The minimum atomic E-state index is -4.59. The number of hydrogen-bond acceptors (Lipinski definition) is 3. The molecule has 1 aromatic rings. The van der Waals surface area contributed by atoms with E-state index in [1.807, 2.05) is 0 Å². The summed E-state index contributed by atoms with van der Waals surface area (Å²) in [4.78, 5) is 0.0955. The molecule has 0 fully saturated rings. The predicted molar refractivity (Wildman–Crippen MR) is 50.0 cm³/mol. The van der Waals surface area contributed by atoms with E-state index in [1.165, 1.54) is 19.2 Å². The Kier molecular flexibility index (Phi) is 3.15. The Hall–Kier alpha value is -1.35. The van der Waals surface area contributed by atoms with Gasteiger partial charge in [-0.05, 0) is 12.1 Å². The highest BCUT2D eigenvalue weighted by molar-refractivity contribution is 7.80. The Balaban J connectivity index is 3.51. The number of rotatable bonds is 1. The van der Waals surface area contributed by atoms with Gasteiger partial charge in [0, 0.05) is 4.90 Å². The van der Waals surface area contributed by atoms with Crippen LogP contribution in [0.25, 0.3) is 0 Å². The van der Waals surface area contributed by atoms with Crippen LogP contribution in [0.3, 0.4) is 0 Å². The molecule has 0 heterocycles. The van der Waals surface area contributed by atoms with Crippen molar-refractivity contribution in [2.75, 3.05) is 7.11 Å². The number of thiol groups is 1. The molecule has 0 aliphatic heterocycles. The Morgan fingerprint density at radius 2 is 2.00 bits per heavy atom. The van der Waals surface area contributed by atoms with E-state index in [-0.39, 0.29) is 10.6 Å². The minimum absolute atomic E-state index is 0.0955. The maximum Gasteiger partial charge on any atom is 0.417 e. The molecule has 0 aromatic heterocycles. The van der Waals surface area contributed by atoms with Gasteiger partial charge in [0.1, 0.15) is 17.4 Å². The van der Waals surface area contributed by atoms with Crippen LogP contribution < -0.4 is 4.74 Å². The molecule has 2 nitrogen and oxygen atoms in total. The van der Waals surface area contributed by atoms with E-state index in [0.717, 1.165) is 6.07 Å². The van der Waals surface area contributed by atoms with Crippen molar-refractivity contribution in [2.45, 2.75) is 11.1 Å². The number of methoxy groups -OCH3 is 1. The topological polar surface area (TPSA) is 33.0 Å². The van der Waals surface area contributed by atoms with Crippen LogP contribution in [0.4, 0.5) is 13.2 Å². The van der Waals surface area contributed by atoms with Gasteiger partial charge in [-0.3, -0.25) is 0 Å². The lowest BCUT2D eigenvalue weighted by Crippen LogP contribution is -2.09. The van der Waals surface area contributed by atoms with Crippen LogP contribution in [0, 0.1) is 11.3 Å². The molecule has 0 saturated heterocycles. The van der Waals surface area contributed by atoms with E-state index in [4.69, 9.17) is 5.26 Å². The standard InChI is InChI=1S/C9H6F3NOS/c1-14-8-3-5(15)2-7(6(8)4-13)9(10,11)12/h2-3,15H,1H3. The number of halogens is 3. The van der Waals surface area contributed by atoms with Crippen LogP contribution in [0.15, 0.2) is 17.0 Å². The van der Waals surface area contributed by atoms with Crippen LogP contribution in [0.2, 0.25) is 0 Å². The van der Waals surface area contributed by atoms with Crippen LogP contribution in [0.1, 0.15) is 11.1 Å². The van der Waals surface area contributed by atoms with Crippen molar-refractivity contribution in [3.63, 3.8) is 0 Å². The first-order valence-electron chi connectivity index (χ1n) is 3.78. The first-order valence-corrected chi connectivity index (χ1v) is 4.23. The second-order valence-corrected chi connectivity index (χ2v) is 3.20. The maximum atomic E-state index is 12.5. The first kappa shape index (κ1) is 11.7. The third kappa shape index (κ3) is 2.36. The molecule has 0 radical (unpaired) electrons. The molecule has 0 aliphatic rings. The van der Waals surface area contributed by atoms with E-state index < -0.39 is 17.3 Å². The number of nitrogens with zero attached hydrogens (tertiary/aromatic N) is 1. The molecule has 0 N–H and O–H groups in total. The highest BCUT2D eigenvalue weighted by Gasteiger charge is 2.35. The van der Waals surface area contributed by atoms with Crippen molar-refractivity contribution in [1.29, 1.82) is 5.26 Å². The van der Waals surface area contributed by atoms with Gasteiger partial charge in [-0.15, -0.1) is 12.6 Å². The lowest BCUT2D eigenvalue weighted by molar-refractivity contribution is -0.138. The van der Waals surface area contributed by atoms with Crippen molar-refractivity contribution < 1.29 is 17.9 Å². The Morgan fingerprint density at radius 3 is 2.40 bits per heavy atom. The number of hydrogen-bond donors (Lipinski definition) is 1. The van der Waals surface area contributed by atoms with Gasteiger partial charge in [0.05, 0.1) is 12.7 Å². The lowest BCUT2D eigenvalue weighted by atomic mass is 10.1. The summed E-state index contributed by atoms with van der Waals surface area (Å²) >= 11 is 3.81. The van der Waals surface area contributed by atoms with Gasteiger partial charge >= 0.3 is 6.18 Å². The number of alkyl halides is 3. The summed E-state index contributed by atoms with van der Waals surface area (Å²) in [6, 6.07) is 3.53. The summed E-state index contributed by atoms with van der Waals surface area (Å²) in [6.07, 6.45) is -4.59. The van der Waals surface area contributed by atoms with E-state index in [1.54, 1.807) is 0 Å². The van der Waals surface area contributed by atoms with E-state index in [0.29, 0.717) is 0 Å². The SMILES string of the molecule is COc1cc(S)cc(C(F)(F)F)c1C#N. The highest BCUT2D eigenvalue weighted by atomic mass is 32.1. The monoisotopic (exact) mass is 233 g/mol. The third-order valence-corrected chi connectivity index (χ3v) is 1.98. The molecule has 0 bridgehead atoms. The van der Waals surface area contributed by atoms with E-state index >= 15 is 0 Å². The van der Waals surface area contributed by atoms with Crippen molar-refractivity contribution in [1.82, 2.24) is 0 Å². The van der Waals surface area contributed by atoms with Crippen LogP contribution in [-0.4, -0.2) is 7.11 Å². The van der Waals surface area contributed by atoms with Gasteiger partial charge in [0.15, 0.2) is 0 Å². The molecule has 80 valence electrons. The fourth-order valence-corrected chi connectivity index (χ4v) is 1.35. The maximum absolute atomic E-state index is 12.5. The minimum Gasteiger partial charge on any atom is -0.495 e. The summed E-state index contributed by atoms with van der Waals surface area (Å²) in [5.74, 6) is -0.127. The van der Waals surface area contributed by atoms with Crippen LogP contribution >= 0.6 is 12.6 Å². The first-order chi connectivity index (χ1) is 6.90. The smallest absolute Gasteiger partial charge is 0.417 e. The molecule has 0 atom stereocenters. The Bertz CT molecular complexity index is 423. The molecular weight excluding hydrogens is 227 g/mol. The normalized spacial score (nSPS) is 10.9. The van der Waals surface area contributed by atoms with Gasteiger partial charge in [0.25, 0.3) is 0 Å². The molecule has 0 amide bonds. The zero-order valence-corrected chi connectivity index (χ0v) is 8.49. The summed E-state index contributed by atoms with van der Waals surface area (Å²) in [7, 11) is 1.20. The molecule has 0 saturated carbocycles. The van der Waals surface area contributed by atoms with Gasteiger partial charge in [-0.1, -0.05) is 0 Å². The van der Waals surface area contributed by atoms with Crippen LogP contribution in [0.5, 0.6) is 5.75 Å². The highest BCUT2D eigenvalue weighted by Crippen LogP contribution is 2.37. The van der Waals surface area contributed by atoms with E-state index in [2.05, 4.69) is 17.4 Å². The van der Waals surface area contributed by atoms with Gasteiger partial charge in [-0.2, -0.15) is 18.4 Å². The lowest BCUT2D eigenvalue weighted by Gasteiger charge is -2.12. The molecule has 0 aliphatic carbocycles. The fourth-order valence-electron chi connectivity index (χ4n) is 1.10. The second kappa shape index (κ2) is 4.03. The molecular formula is C9H6F3NOS. The molecule has 15 heavy (non-hydrogen) atoms. The quantitative estimate of drug-likeness (QED) is 0.756. The Labute approximate surface area is 89.7 Å². The fraction of sp³-hybridized carbons (Fsp3) is 0.222. The van der Waals surface area contributed by atoms with Crippen molar-refractivity contribution in [3.8, 4) is 11.8 Å². The largest absolute Gasteiger partial charge is 0.495 e. The van der Waals surface area contributed by atoms with Crippen LogP contribution in [-0.2, 0) is 6.18 Å². The van der Waals surface area contributed by atoms with Gasteiger partial charge in [-0.25, -0.2) is 0 Å². The average Bonchev–Trinajstić information content (AvgIpc) is 2.15. The second-order valence-electron chi connectivity index (χ2n) is 2.68. The predicted octanol–water partition coefficient (Wildman–Crippen LogP) is 2.87. The molecule has 0 spiro atoms. The molecule has 6 heteroatoms. The zero-order valence-electron chi connectivity index (χ0n) is 7.59. The summed E-state index contributed by atoms with van der Waals surface area (Å²) in [6.45, 7) is 0. The average molecular weight is 233 g/mol.